The first-order valence-corrected chi connectivity index (χ1v) is 11.4. The topological polar surface area (TPSA) is 24.9 Å². The number of hydrogen-bond acceptors (Lipinski definition) is 5. The predicted octanol–water partition coefficient (Wildman–Crippen LogP) is 5.53. The van der Waals surface area contributed by atoms with E-state index in [1.165, 1.54) is 13.0 Å². The molecule has 1 saturated heterocycles. The molecule has 0 radical (unpaired) electrons. The number of halogens is 3. The molecule has 0 saturated carbocycles. The summed E-state index contributed by atoms with van der Waals surface area (Å²) < 4.78 is 52.5. The summed E-state index contributed by atoms with van der Waals surface area (Å²) >= 11 is 1.79. The minimum atomic E-state index is -4.32. The zero-order chi connectivity index (χ0) is 22.0. The number of para-hydroxylation sites is 2. The van der Waals surface area contributed by atoms with Crippen LogP contribution in [-0.4, -0.2) is 61.0 Å². The lowest BCUT2D eigenvalue weighted by Gasteiger charge is -2.33. The smallest absolute Gasteiger partial charge is 0.412 e. The van der Waals surface area contributed by atoms with Gasteiger partial charge in [0.05, 0.1) is 6.61 Å². The van der Waals surface area contributed by atoms with Crippen LogP contribution in [0.1, 0.15) is 26.7 Å². The Morgan fingerprint density at radius 2 is 1.77 bits per heavy atom. The standard InChI is InChI=1S/C22H31F3N2O2S/c1-4-19(22(23,24)25)11-10-18(2)29-21-9-6-5-8-20(21)28-17-7-12-26-13-15-27(30-3)16-14-26/h5-6,8-11H,4,7,12-17H2,1-3H3/b18-10+,19-11+. The fourth-order valence-corrected chi connectivity index (χ4v) is 3.63. The lowest BCUT2D eigenvalue weighted by atomic mass is 10.2. The van der Waals surface area contributed by atoms with Gasteiger partial charge in [0.2, 0.25) is 0 Å². The second-order valence-corrected chi connectivity index (χ2v) is 7.91. The van der Waals surface area contributed by atoms with Crippen molar-refractivity contribution < 1.29 is 22.6 Å². The lowest BCUT2D eigenvalue weighted by Crippen LogP contribution is -2.43. The molecule has 2 rings (SSSR count). The van der Waals surface area contributed by atoms with Crippen molar-refractivity contribution in [1.29, 1.82) is 0 Å². The molecule has 1 aliphatic rings. The minimum absolute atomic E-state index is 0.0840. The van der Waals surface area contributed by atoms with Gasteiger partial charge >= 0.3 is 6.18 Å². The molecule has 0 aliphatic carbocycles. The van der Waals surface area contributed by atoms with Crippen molar-refractivity contribution in [1.82, 2.24) is 9.21 Å². The van der Waals surface area contributed by atoms with Gasteiger partial charge in [0.25, 0.3) is 0 Å². The number of alkyl halides is 3. The molecule has 1 aromatic rings. The lowest BCUT2D eigenvalue weighted by molar-refractivity contribution is -0.0935. The first kappa shape index (κ1) is 24.6. The molecule has 30 heavy (non-hydrogen) atoms. The third-order valence-electron chi connectivity index (χ3n) is 4.85. The van der Waals surface area contributed by atoms with E-state index in [4.69, 9.17) is 9.47 Å². The summed E-state index contributed by atoms with van der Waals surface area (Å²) in [5, 5.41) is 0. The van der Waals surface area contributed by atoms with E-state index in [2.05, 4.69) is 15.5 Å². The maximum Gasteiger partial charge on any atom is 0.412 e. The zero-order valence-electron chi connectivity index (χ0n) is 17.9. The number of benzene rings is 1. The predicted molar refractivity (Wildman–Crippen MR) is 117 cm³/mol. The molecule has 0 unspecified atom stereocenters. The highest BCUT2D eigenvalue weighted by molar-refractivity contribution is 7.96. The number of piperazine rings is 1. The Labute approximate surface area is 181 Å². The molecule has 1 aliphatic heterocycles. The molecule has 0 spiro atoms. The third kappa shape index (κ3) is 8.24. The van der Waals surface area contributed by atoms with E-state index in [0.29, 0.717) is 23.9 Å². The van der Waals surface area contributed by atoms with Crippen molar-refractivity contribution in [2.24, 2.45) is 0 Å². The molecule has 168 valence electrons. The molecule has 0 atom stereocenters. The van der Waals surface area contributed by atoms with E-state index in [1.807, 2.05) is 18.2 Å². The molecule has 1 fully saturated rings. The van der Waals surface area contributed by atoms with Gasteiger partial charge < -0.3 is 14.4 Å². The summed E-state index contributed by atoms with van der Waals surface area (Å²) in [6, 6.07) is 7.22. The highest BCUT2D eigenvalue weighted by Crippen LogP contribution is 2.30. The molecule has 1 aromatic carbocycles. The molecular weight excluding hydrogens is 413 g/mol. The van der Waals surface area contributed by atoms with Crippen molar-refractivity contribution in [2.45, 2.75) is 32.9 Å². The molecule has 0 amide bonds. The second kappa shape index (κ2) is 12.3. The molecule has 8 heteroatoms. The molecule has 0 aromatic heterocycles. The maximum atomic E-state index is 12.8. The van der Waals surface area contributed by atoms with Crippen molar-refractivity contribution in [3.8, 4) is 11.5 Å². The summed E-state index contributed by atoms with van der Waals surface area (Å²) in [7, 11) is 0. The Morgan fingerprint density at radius 1 is 1.10 bits per heavy atom. The second-order valence-electron chi connectivity index (χ2n) is 7.02. The summed E-state index contributed by atoms with van der Waals surface area (Å²) in [5.41, 5.74) is -0.589. The molecule has 1 heterocycles. The van der Waals surface area contributed by atoms with Crippen LogP contribution in [0.2, 0.25) is 0 Å². The van der Waals surface area contributed by atoms with Gasteiger partial charge in [-0.05, 0) is 44.2 Å². The van der Waals surface area contributed by atoms with Crippen molar-refractivity contribution in [3.63, 3.8) is 0 Å². The van der Waals surface area contributed by atoms with Gasteiger partial charge in [-0.2, -0.15) is 13.2 Å². The van der Waals surface area contributed by atoms with Gasteiger partial charge in [0.15, 0.2) is 11.5 Å². The quantitative estimate of drug-likeness (QED) is 0.204. The van der Waals surface area contributed by atoms with E-state index in [-0.39, 0.29) is 6.42 Å². The molecule has 4 nitrogen and oxygen atoms in total. The van der Waals surface area contributed by atoms with Gasteiger partial charge in [0.1, 0.15) is 5.76 Å². The Hall–Kier alpha value is -1.64. The highest BCUT2D eigenvalue weighted by Gasteiger charge is 2.31. The van der Waals surface area contributed by atoms with Crippen LogP contribution in [-0.2, 0) is 0 Å². The summed E-state index contributed by atoms with van der Waals surface area (Å²) in [6.07, 6.45) is 1.01. The SMILES string of the molecule is CC/C(=C\C=C(/C)Oc1ccccc1OCCCN1CCN(SC)CC1)C(F)(F)F. The molecular formula is C22H31F3N2O2S. The first-order valence-electron chi connectivity index (χ1n) is 10.2. The number of rotatable bonds is 10. The number of nitrogens with zero attached hydrogens (tertiary/aromatic N) is 2. The van der Waals surface area contributed by atoms with Crippen LogP contribution < -0.4 is 9.47 Å². The van der Waals surface area contributed by atoms with Crippen LogP contribution in [0.3, 0.4) is 0 Å². The van der Waals surface area contributed by atoms with Crippen LogP contribution in [0, 0.1) is 0 Å². The normalized spacial score (nSPS) is 17.3. The van der Waals surface area contributed by atoms with Gasteiger partial charge in [-0.1, -0.05) is 37.1 Å². The van der Waals surface area contributed by atoms with Gasteiger partial charge in [-0.25, -0.2) is 4.31 Å². The molecule has 0 bridgehead atoms. The van der Waals surface area contributed by atoms with Crippen LogP contribution >= 0.6 is 11.9 Å². The van der Waals surface area contributed by atoms with Crippen molar-refractivity contribution in [2.75, 3.05) is 45.6 Å². The average Bonchev–Trinajstić information content (AvgIpc) is 2.72. The first-order chi connectivity index (χ1) is 14.3. The number of allylic oxidation sites excluding steroid dienone is 4. The Balaban J connectivity index is 1.85. The van der Waals surface area contributed by atoms with E-state index in [1.54, 1.807) is 24.9 Å². The summed E-state index contributed by atoms with van der Waals surface area (Å²) in [6.45, 7) is 8.93. The molecule has 0 N–H and O–H groups in total. The third-order valence-corrected chi connectivity index (χ3v) is 5.73. The van der Waals surface area contributed by atoms with Crippen LogP contribution in [0.4, 0.5) is 13.2 Å². The number of hydrogen-bond donors (Lipinski definition) is 0. The largest absolute Gasteiger partial charge is 0.490 e. The highest BCUT2D eigenvalue weighted by atomic mass is 32.2. The Bertz CT molecular complexity index is 715. The van der Waals surface area contributed by atoms with Gasteiger partial charge in [-0.15, -0.1) is 0 Å². The zero-order valence-corrected chi connectivity index (χ0v) is 18.7. The van der Waals surface area contributed by atoms with Gasteiger partial charge in [0, 0.05) is 38.3 Å². The van der Waals surface area contributed by atoms with Crippen LogP contribution in [0.15, 0.2) is 47.7 Å². The Kier molecular flexibility index (Phi) is 10.1. The fourth-order valence-electron chi connectivity index (χ4n) is 3.10. The fraction of sp³-hybridized carbons (Fsp3) is 0.545. The summed E-state index contributed by atoms with van der Waals surface area (Å²) in [5.74, 6) is 1.46. The average molecular weight is 445 g/mol. The van der Waals surface area contributed by atoms with Gasteiger partial charge in [-0.3, -0.25) is 0 Å². The van der Waals surface area contributed by atoms with E-state index in [9.17, 15) is 13.2 Å². The van der Waals surface area contributed by atoms with Crippen molar-refractivity contribution >= 4 is 11.9 Å². The van der Waals surface area contributed by atoms with Crippen LogP contribution in [0.5, 0.6) is 11.5 Å². The van der Waals surface area contributed by atoms with Crippen molar-refractivity contribution in [3.05, 3.63) is 47.7 Å². The minimum Gasteiger partial charge on any atom is -0.490 e. The van der Waals surface area contributed by atoms with E-state index >= 15 is 0 Å². The van der Waals surface area contributed by atoms with Crippen LogP contribution in [0.25, 0.3) is 0 Å². The summed E-state index contributed by atoms with van der Waals surface area (Å²) in [4.78, 5) is 2.43. The monoisotopic (exact) mass is 444 g/mol. The van der Waals surface area contributed by atoms with E-state index < -0.39 is 11.7 Å². The number of ether oxygens (including phenoxy) is 2. The Morgan fingerprint density at radius 3 is 2.37 bits per heavy atom. The van der Waals surface area contributed by atoms with E-state index in [0.717, 1.165) is 45.2 Å². The maximum absolute atomic E-state index is 12.8.